The average Bonchev–Trinajstić information content (AvgIpc) is 2.37. The molecule has 0 nitrogen and oxygen atoms in total. The maximum absolute atomic E-state index is 11.9. The first-order valence-electron chi connectivity index (χ1n) is 7.39. The van der Waals surface area contributed by atoms with Crippen LogP contribution in [-0.4, -0.2) is 6.18 Å². The quantitative estimate of drug-likeness (QED) is 0.416. The van der Waals surface area contributed by atoms with E-state index < -0.39 is 12.6 Å². The smallest absolute Gasteiger partial charge is 0.171 e. The molecule has 0 amide bonds. The molecule has 0 aliphatic carbocycles. The van der Waals surface area contributed by atoms with Crippen LogP contribution >= 0.6 is 23.2 Å². The van der Waals surface area contributed by atoms with Crippen molar-refractivity contribution in [3.63, 3.8) is 0 Å². The highest BCUT2D eigenvalue weighted by Gasteiger charge is 2.25. The van der Waals surface area contributed by atoms with E-state index >= 15 is 0 Å². The molecule has 0 saturated carbocycles. The van der Waals surface area contributed by atoms with Crippen molar-refractivity contribution in [3.8, 4) is 0 Å². The number of hydrogen-bond acceptors (Lipinski definition) is 0. The van der Waals surface area contributed by atoms with Gasteiger partial charge in [0.15, 0.2) is 0 Å². The highest BCUT2D eigenvalue weighted by Crippen LogP contribution is 2.24. The molecule has 5 heteroatoms. The predicted molar refractivity (Wildman–Crippen MR) is 83.2 cm³/mol. The van der Waals surface area contributed by atoms with Crippen molar-refractivity contribution in [2.24, 2.45) is 0 Å². The van der Waals surface area contributed by atoms with Gasteiger partial charge in [-0.05, 0) is 37.0 Å². The molecule has 21 heavy (non-hydrogen) atoms. The summed E-state index contributed by atoms with van der Waals surface area (Å²) in [5.74, 6) is 0. The van der Waals surface area contributed by atoms with Crippen LogP contribution in [-0.2, 0) is 6.42 Å². The van der Waals surface area contributed by atoms with Crippen LogP contribution in [0.4, 0.5) is 13.2 Å². The highest BCUT2D eigenvalue weighted by atomic mass is 35.5. The standard InChI is InChI=1S/C16H21Cl2F3/c17-14-10-9-13(15(18)12-14)8-6-4-2-1-3-5-7-11-16(19,20)21/h9-10,12H,1-8,11H2. The molecule has 0 spiro atoms. The van der Waals surface area contributed by atoms with Gasteiger partial charge in [-0.1, -0.05) is 61.4 Å². The number of halogens is 5. The van der Waals surface area contributed by atoms with Gasteiger partial charge in [0, 0.05) is 16.5 Å². The number of aryl methyl sites for hydroxylation is 1. The zero-order valence-corrected chi connectivity index (χ0v) is 13.5. The third-order valence-electron chi connectivity index (χ3n) is 3.42. The molecular formula is C16H21Cl2F3. The van der Waals surface area contributed by atoms with Crippen LogP contribution < -0.4 is 0 Å². The minimum Gasteiger partial charge on any atom is -0.171 e. The molecule has 0 bridgehead atoms. The van der Waals surface area contributed by atoms with E-state index in [0.717, 1.165) is 44.1 Å². The first-order chi connectivity index (χ1) is 9.88. The Bertz CT molecular complexity index is 416. The maximum atomic E-state index is 11.9. The minimum atomic E-state index is -4.00. The summed E-state index contributed by atoms with van der Waals surface area (Å²) in [6.45, 7) is 0. The van der Waals surface area contributed by atoms with E-state index in [4.69, 9.17) is 23.2 Å². The van der Waals surface area contributed by atoms with E-state index in [0.29, 0.717) is 16.5 Å². The van der Waals surface area contributed by atoms with Crippen molar-refractivity contribution in [2.45, 2.75) is 64.0 Å². The molecule has 0 heterocycles. The van der Waals surface area contributed by atoms with Gasteiger partial charge in [0.1, 0.15) is 0 Å². The van der Waals surface area contributed by atoms with Crippen LogP contribution in [0.1, 0.15) is 56.9 Å². The zero-order chi connectivity index (χ0) is 15.7. The van der Waals surface area contributed by atoms with Gasteiger partial charge >= 0.3 is 6.18 Å². The van der Waals surface area contributed by atoms with E-state index in [-0.39, 0.29) is 6.42 Å². The minimum absolute atomic E-state index is 0.254. The van der Waals surface area contributed by atoms with Gasteiger partial charge in [-0.3, -0.25) is 0 Å². The maximum Gasteiger partial charge on any atom is 0.389 e. The van der Waals surface area contributed by atoms with Gasteiger partial charge in [-0.25, -0.2) is 0 Å². The first kappa shape index (κ1) is 18.6. The molecule has 0 aromatic heterocycles. The molecule has 1 aromatic rings. The molecule has 0 N–H and O–H groups in total. The lowest BCUT2D eigenvalue weighted by molar-refractivity contribution is -0.135. The fraction of sp³-hybridized carbons (Fsp3) is 0.625. The monoisotopic (exact) mass is 340 g/mol. The second kappa shape index (κ2) is 9.58. The molecule has 1 aromatic carbocycles. The molecule has 1 rings (SSSR count). The number of hydrogen-bond donors (Lipinski definition) is 0. The lowest BCUT2D eigenvalue weighted by Gasteiger charge is -2.06. The van der Waals surface area contributed by atoms with E-state index in [9.17, 15) is 13.2 Å². The lowest BCUT2D eigenvalue weighted by atomic mass is 10.0. The van der Waals surface area contributed by atoms with Gasteiger partial charge < -0.3 is 0 Å². The van der Waals surface area contributed by atoms with Crippen molar-refractivity contribution in [1.82, 2.24) is 0 Å². The Labute approximate surface area is 134 Å². The Morgan fingerprint density at radius 1 is 0.810 bits per heavy atom. The van der Waals surface area contributed by atoms with Crippen LogP contribution in [0.25, 0.3) is 0 Å². The third-order valence-corrected chi connectivity index (χ3v) is 4.01. The summed E-state index contributed by atoms with van der Waals surface area (Å²) in [4.78, 5) is 0. The topological polar surface area (TPSA) is 0 Å². The Kier molecular flexibility index (Phi) is 8.50. The van der Waals surface area contributed by atoms with Crippen molar-refractivity contribution in [3.05, 3.63) is 33.8 Å². The van der Waals surface area contributed by atoms with Gasteiger partial charge in [-0.15, -0.1) is 0 Å². The van der Waals surface area contributed by atoms with Crippen LogP contribution in [0.3, 0.4) is 0 Å². The molecule has 0 unspecified atom stereocenters. The predicted octanol–water partition coefficient (Wildman–Crippen LogP) is 7.22. The molecule has 0 atom stereocenters. The highest BCUT2D eigenvalue weighted by molar-refractivity contribution is 6.35. The Balaban J connectivity index is 2.00. The number of unbranched alkanes of at least 4 members (excludes halogenated alkanes) is 6. The molecule has 0 saturated heterocycles. The van der Waals surface area contributed by atoms with Crippen molar-refractivity contribution in [2.75, 3.05) is 0 Å². The van der Waals surface area contributed by atoms with E-state index in [1.54, 1.807) is 6.07 Å². The number of rotatable bonds is 9. The molecular weight excluding hydrogens is 320 g/mol. The van der Waals surface area contributed by atoms with Crippen molar-refractivity contribution < 1.29 is 13.2 Å². The lowest BCUT2D eigenvalue weighted by Crippen LogP contribution is -2.06. The van der Waals surface area contributed by atoms with Crippen LogP contribution in [0.2, 0.25) is 10.0 Å². The summed E-state index contributed by atoms with van der Waals surface area (Å²) < 4.78 is 35.8. The summed E-state index contributed by atoms with van der Waals surface area (Å²) in [6.07, 6.45) is 2.28. The van der Waals surface area contributed by atoms with E-state index in [1.165, 1.54) is 0 Å². The fourth-order valence-corrected chi connectivity index (χ4v) is 2.75. The normalized spacial score (nSPS) is 11.9. The zero-order valence-electron chi connectivity index (χ0n) is 12.0. The molecule has 0 aliphatic heterocycles. The van der Waals surface area contributed by atoms with Crippen molar-refractivity contribution >= 4 is 23.2 Å². The van der Waals surface area contributed by atoms with Crippen LogP contribution in [0.5, 0.6) is 0 Å². The summed E-state index contributed by atoms with van der Waals surface area (Å²) in [5, 5.41) is 1.34. The van der Waals surface area contributed by atoms with Crippen LogP contribution in [0, 0.1) is 0 Å². The largest absolute Gasteiger partial charge is 0.389 e. The van der Waals surface area contributed by atoms with E-state index in [1.807, 2.05) is 12.1 Å². The molecule has 0 radical (unpaired) electrons. The Morgan fingerprint density at radius 2 is 1.38 bits per heavy atom. The average molecular weight is 341 g/mol. The van der Waals surface area contributed by atoms with Crippen LogP contribution in [0.15, 0.2) is 18.2 Å². The molecule has 0 aliphatic rings. The Morgan fingerprint density at radius 3 is 1.95 bits per heavy atom. The summed E-state index contributed by atoms with van der Waals surface area (Å²) in [7, 11) is 0. The first-order valence-corrected chi connectivity index (χ1v) is 8.15. The van der Waals surface area contributed by atoms with Gasteiger partial charge in [-0.2, -0.15) is 13.2 Å². The second-order valence-corrected chi connectivity index (χ2v) is 6.17. The summed E-state index contributed by atoms with van der Waals surface area (Å²) >= 11 is 11.9. The fourth-order valence-electron chi connectivity index (χ4n) is 2.25. The summed E-state index contributed by atoms with van der Waals surface area (Å²) in [5.41, 5.74) is 1.10. The van der Waals surface area contributed by atoms with Gasteiger partial charge in [0.05, 0.1) is 0 Å². The molecule has 120 valence electrons. The third kappa shape index (κ3) is 9.26. The van der Waals surface area contributed by atoms with Gasteiger partial charge in [0.25, 0.3) is 0 Å². The van der Waals surface area contributed by atoms with E-state index in [2.05, 4.69) is 0 Å². The SMILES string of the molecule is FC(F)(F)CCCCCCCCCc1ccc(Cl)cc1Cl. The number of alkyl halides is 3. The second-order valence-electron chi connectivity index (χ2n) is 5.33. The Hall–Kier alpha value is -0.410. The van der Waals surface area contributed by atoms with Gasteiger partial charge in [0.2, 0.25) is 0 Å². The number of benzene rings is 1. The molecule has 0 fully saturated rings. The summed E-state index contributed by atoms with van der Waals surface area (Å²) in [6, 6.07) is 5.53. The van der Waals surface area contributed by atoms with Crippen molar-refractivity contribution in [1.29, 1.82) is 0 Å².